The van der Waals surface area contributed by atoms with E-state index in [2.05, 4.69) is 11.8 Å². The van der Waals surface area contributed by atoms with Crippen LogP contribution in [-0.2, 0) is 30.7 Å². The van der Waals surface area contributed by atoms with Gasteiger partial charge in [0.1, 0.15) is 6.10 Å². The number of ether oxygens (including phenoxy) is 2. The average molecular weight is 411 g/mol. The third-order valence-corrected chi connectivity index (χ3v) is 7.27. The van der Waals surface area contributed by atoms with E-state index in [9.17, 15) is 13.2 Å². The molecule has 0 aromatic heterocycles. The third-order valence-electron chi connectivity index (χ3n) is 5.36. The largest absolute Gasteiger partial charge is 0.461 e. The predicted octanol–water partition coefficient (Wildman–Crippen LogP) is 1.67. The molecule has 28 heavy (non-hydrogen) atoms. The van der Waals surface area contributed by atoms with Crippen molar-refractivity contribution in [1.29, 1.82) is 0 Å². The molecule has 1 aromatic carbocycles. The van der Waals surface area contributed by atoms with Crippen LogP contribution in [0.1, 0.15) is 31.7 Å². The lowest BCUT2D eigenvalue weighted by Crippen LogP contribution is -2.40. The highest BCUT2D eigenvalue weighted by atomic mass is 32.2. The van der Waals surface area contributed by atoms with Gasteiger partial charge in [-0.15, -0.1) is 0 Å². The molecule has 0 amide bonds. The van der Waals surface area contributed by atoms with Crippen LogP contribution in [0.3, 0.4) is 0 Å². The Labute approximate surface area is 167 Å². The first-order valence-electron chi connectivity index (χ1n) is 10.1. The Kier molecular flexibility index (Phi) is 7.45. The van der Waals surface area contributed by atoms with Crippen molar-refractivity contribution in [3.8, 4) is 0 Å². The molecule has 2 fully saturated rings. The van der Waals surface area contributed by atoms with E-state index in [0.717, 1.165) is 38.0 Å². The van der Waals surface area contributed by atoms with Gasteiger partial charge in [-0.25, -0.2) is 8.42 Å². The minimum atomic E-state index is -3.48. The second kappa shape index (κ2) is 9.82. The minimum absolute atomic E-state index is 0.0118. The summed E-state index contributed by atoms with van der Waals surface area (Å²) in [5.74, 6) is -0.187. The fourth-order valence-corrected chi connectivity index (χ4v) is 5.06. The number of piperidine rings is 1. The number of benzene rings is 1. The van der Waals surface area contributed by atoms with Crippen molar-refractivity contribution in [2.45, 2.75) is 43.6 Å². The maximum absolute atomic E-state index is 12.6. The van der Waals surface area contributed by atoms with Gasteiger partial charge in [0.2, 0.25) is 10.0 Å². The van der Waals surface area contributed by atoms with Gasteiger partial charge < -0.3 is 9.47 Å². The normalized spacial score (nSPS) is 22.1. The Hall–Kier alpha value is -1.48. The molecule has 2 aliphatic heterocycles. The fraction of sp³-hybridized carbons (Fsp3) is 0.650. The molecule has 1 aromatic rings. The molecule has 2 heterocycles. The smallest absolute Gasteiger partial charge is 0.306 e. The first kappa shape index (κ1) is 21.2. The molecule has 156 valence electrons. The number of hydrogen-bond acceptors (Lipinski definition) is 6. The zero-order valence-electron chi connectivity index (χ0n) is 16.5. The highest BCUT2D eigenvalue weighted by molar-refractivity contribution is 7.89. The average Bonchev–Trinajstić information content (AvgIpc) is 2.73. The van der Waals surface area contributed by atoms with Crippen LogP contribution in [-0.4, -0.2) is 75.6 Å². The van der Waals surface area contributed by atoms with Gasteiger partial charge in [0, 0.05) is 26.1 Å². The van der Waals surface area contributed by atoms with Crippen LogP contribution in [0.2, 0.25) is 0 Å². The van der Waals surface area contributed by atoms with Crippen molar-refractivity contribution in [1.82, 2.24) is 9.21 Å². The van der Waals surface area contributed by atoms with Crippen molar-refractivity contribution in [2.75, 3.05) is 45.9 Å². The maximum Gasteiger partial charge on any atom is 0.306 e. The predicted molar refractivity (Wildman–Crippen MR) is 106 cm³/mol. The Morgan fingerprint density at radius 2 is 1.89 bits per heavy atom. The lowest BCUT2D eigenvalue weighted by molar-refractivity contribution is -0.151. The van der Waals surface area contributed by atoms with Crippen LogP contribution in [0.25, 0.3) is 0 Å². The van der Waals surface area contributed by atoms with Gasteiger partial charge in [0.15, 0.2) is 0 Å². The van der Waals surface area contributed by atoms with E-state index in [1.807, 2.05) is 0 Å². The molecule has 0 bridgehead atoms. The molecule has 1 atom stereocenters. The number of sulfonamides is 1. The van der Waals surface area contributed by atoms with Crippen LogP contribution in [0.15, 0.2) is 29.2 Å². The minimum Gasteiger partial charge on any atom is -0.461 e. The molecule has 1 unspecified atom stereocenters. The standard InChI is InChI=1S/C20H30N2O5S/c1-2-21-11-3-4-18(16-21)27-20(23)10-7-17-5-8-19(9-6-17)28(24,25)22-12-14-26-15-13-22/h5-6,8-9,18H,2-4,7,10-16H2,1H3. The zero-order chi connectivity index (χ0) is 20.0. The van der Waals surface area contributed by atoms with E-state index < -0.39 is 10.0 Å². The Balaban J connectivity index is 1.49. The number of likely N-dealkylation sites (N-methyl/N-ethyl adjacent to an activating group) is 1. The summed E-state index contributed by atoms with van der Waals surface area (Å²) in [7, 11) is -3.48. The van der Waals surface area contributed by atoms with E-state index >= 15 is 0 Å². The maximum atomic E-state index is 12.6. The fourth-order valence-electron chi connectivity index (χ4n) is 3.65. The summed E-state index contributed by atoms with van der Waals surface area (Å²) in [6, 6.07) is 6.79. The molecule has 2 saturated heterocycles. The summed E-state index contributed by atoms with van der Waals surface area (Å²) in [6.07, 6.45) is 2.82. The number of rotatable bonds is 7. The number of likely N-dealkylation sites (tertiary alicyclic amines) is 1. The molecule has 0 N–H and O–H groups in total. The lowest BCUT2D eigenvalue weighted by atomic mass is 10.1. The number of carbonyl (C=O) groups excluding carboxylic acids is 1. The Morgan fingerprint density at radius 3 is 2.57 bits per heavy atom. The summed E-state index contributed by atoms with van der Waals surface area (Å²) >= 11 is 0. The van der Waals surface area contributed by atoms with Crippen LogP contribution in [0, 0.1) is 0 Å². The lowest BCUT2D eigenvalue weighted by Gasteiger charge is -2.31. The number of aryl methyl sites for hydroxylation is 1. The van der Waals surface area contributed by atoms with E-state index in [4.69, 9.17) is 9.47 Å². The van der Waals surface area contributed by atoms with Crippen molar-refractivity contribution in [3.63, 3.8) is 0 Å². The van der Waals surface area contributed by atoms with Gasteiger partial charge in [-0.2, -0.15) is 4.31 Å². The zero-order valence-corrected chi connectivity index (χ0v) is 17.3. The molecular weight excluding hydrogens is 380 g/mol. The van der Waals surface area contributed by atoms with Crippen molar-refractivity contribution < 1.29 is 22.7 Å². The topological polar surface area (TPSA) is 76.2 Å². The number of hydrogen-bond donors (Lipinski definition) is 0. The second-order valence-corrected chi connectivity index (χ2v) is 9.25. The van der Waals surface area contributed by atoms with Gasteiger partial charge in [0.05, 0.1) is 18.1 Å². The number of carbonyl (C=O) groups is 1. The summed E-state index contributed by atoms with van der Waals surface area (Å²) in [4.78, 5) is 14.7. The van der Waals surface area contributed by atoms with Crippen LogP contribution >= 0.6 is 0 Å². The van der Waals surface area contributed by atoms with Gasteiger partial charge >= 0.3 is 5.97 Å². The molecule has 0 spiro atoms. The highest BCUT2D eigenvalue weighted by Crippen LogP contribution is 2.19. The quantitative estimate of drug-likeness (QED) is 0.637. The van der Waals surface area contributed by atoms with Crippen molar-refractivity contribution in [2.24, 2.45) is 0 Å². The van der Waals surface area contributed by atoms with E-state index in [1.54, 1.807) is 24.3 Å². The molecule has 2 aliphatic rings. The number of morpholine rings is 1. The molecule has 0 radical (unpaired) electrons. The van der Waals surface area contributed by atoms with Crippen LogP contribution < -0.4 is 0 Å². The number of nitrogens with zero attached hydrogens (tertiary/aromatic N) is 2. The second-order valence-electron chi connectivity index (χ2n) is 7.31. The summed E-state index contributed by atoms with van der Waals surface area (Å²) in [6.45, 7) is 6.60. The van der Waals surface area contributed by atoms with Gasteiger partial charge in [-0.1, -0.05) is 19.1 Å². The summed E-state index contributed by atoms with van der Waals surface area (Å²) < 4.78 is 37.5. The molecular formula is C20H30N2O5S. The first-order chi connectivity index (χ1) is 13.5. The molecule has 8 heteroatoms. The number of esters is 1. The monoisotopic (exact) mass is 410 g/mol. The highest BCUT2D eigenvalue weighted by Gasteiger charge is 2.26. The Bertz CT molecular complexity index is 744. The van der Waals surface area contributed by atoms with Crippen LogP contribution in [0.5, 0.6) is 0 Å². The summed E-state index contributed by atoms with van der Waals surface area (Å²) in [5.41, 5.74) is 0.928. The molecule has 0 saturated carbocycles. The van der Waals surface area contributed by atoms with Crippen molar-refractivity contribution >= 4 is 16.0 Å². The van der Waals surface area contributed by atoms with Gasteiger partial charge in [0.25, 0.3) is 0 Å². The van der Waals surface area contributed by atoms with Gasteiger partial charge in [-0.05, 0) is 50.0 Å². The first-order valence-corrected chi connectivity index (χ1v) is 11.5. The van der Waals surface area contributed by atoms with E-state index in [-0.39, 0.29) is 17.0 Å². The molecule has 0 aliphatic carbocycles. The van der Waals surface area contributed by atoms with Crippen LogP contribution in [0.4, 0.5) is 0 Å². The Morgan fingerprint density at radius 1 is 1.18 bits per heavy atom. The SMILES string of the molecule is CCN1CCCC(OC(=O)CCc2ccc(S(=O)(=O)N3CCOCC3)cc2)C1. The van der Waals surface area contributed by atoms with Gasteiger partial charge in [-0.3, -0.25) is 9.69 Å². The van der Waals surface area contributed by atoms with Crippen molar-refractivity contribution in [3.05, 3.63) is 29.8 Å². The summed E-state index contributed by atoms with van der Waals surface area (Å²) in [5, 5.41) is 0. The van der Waals surface area contributed by atoms with E-state index in [0.29, 0.717) is 39.1 Å². The molecule has 3 rings (SSSR count). The molecule has 7 nitrogen and oxygen atoms in total. The van der Waals surface area contributed by atoms with E-state index in [1.165, 1.54) is 4.31 Å². The third kappa shape index (κ3) is 5.53.